The van der Waals surface area contributed by atoms with E-state index in [0.29, 0.717) is 5.69 Å². The summed E-state index contributed by atoms with van der Waals surface area (Å²) in [4.78, 5) is 114. The Kier molecular flexibility index (Phi) is 12.6. The molecule has 0 radical (unpaired) electrons. The SMILES string of the molecule is CC(=O)OC[C@]12[C@H](OC(C)=O)C(OC(C)=O)C3C(OC(C)=O)C14CC3(C)COC(=O)c1cccnc1CCC(C)C(=O)OC([C@H]4C)[C@H](OC(=O)c1ccccc1)[C@@H]2OC(C)=O. The predicted molar refractivity (Wildman–Crippen MR) is 207 cm³/mol. The summed E-state index contributed by atoms with van der Waals surface area (Å²) in [6, 6.07) is 10.9. The summed E-state index contributed by atoms with van der Waals surface area (Å²) in [6.07, 6.45) is -8.18. The van der Waals surface area contributed by atoms with Crippen molar-refractivity contribution in [2.75, 3.05) is 13.2 Å². The van der Waals surface area contributed by atoms with Gasteiger partial charge in [-0.3, -0.25) is 33.8 Å². The second-order valence-corrected chi connectivity index (χ2v) is 16.8. The third kappa shape index (κ3) is 8.06. The highest BCUT2D eigenvalue weighted by molar-refractivity contribution is 5.91. The summed E-state index contributed by atoms with van der Waals surface area (Å²) < 4.78 is 49.6. The summed E-state index contributed by atoms with van der Waals surface area (Å²) in [7, 11) is 0. The number of nitrogens with zero attached hydrogens (tertiary/aromatic N) is 1. The van der Waals surface area contributed by atoms with Crippen LogP contribution >= 0.6 is 0 Å². The van der Waals surface area contributed by atoms with Crippen LogP contribution in [-0.2, 0) is 73.1 Å². The van der Waals surface area contributed by atoms with Crippen LogP contribution in [0.25, 0.3) is 0 Å². The molecule has 3 fully saturated rings. The van der Waals surface area contributed by atoms with Crippen molar-refractivity contribution in [3.8, 4) is 0 Å². The van der Waals surface area contributed by atoms with Crippen LogP contribution in [0.1, 0.15) is 94.6 Å². The van der Waals surface area contributed by atoms with Crippen molar-refractivity contribution in [2.45, 2.75) is 111 Å². The van der Waals surface area contributed by atoms with Crippen LogP contribution in [-0.4, -0.2) is 103 Å². The number of hydrogen-bond acceptors (Lipinski definition) is 17. The summed E-state index contributed by atoms with van der Waals surface area (Å²) >= 11 is 0. The van der Waals surface area contributed by atoms with Gasteiger partial charge in [-0.2, -0.15) is 0 Å². The van der Waals surface area contributed by atoms with E-state index in [0.717, 1.165) is 34.6 Å². The molecule has 0 saturated heterocycles. The van der Waals surface area contributed by atoms with E-state index >= 15 is 0 Å². The minimum Gasteiger partial charge on any atom is -0.465 e. The third-order valence-electron chi connectivity index (χ3n) is 12.9. The number of pyridine rings is 1. The van der Waals surface area contributed by atoms with Crippen molar-refractivity contribution in [1.29, 1.82) is 0 Å². The Morgan fingerprint density at radius 3 is 1.97 bits per heavy atom. The number of esters is 8. The van der Waals surface area contributed by atoms with Crippen LogP contribution in [0.5, 0.6) is 0 Å². The van der Waals surface area contributed by atoms with Crippen molar-refractivity contribution in [2.24, 2.45) is 34.0 Å². The summed E-state index contributed by atoms with van der Waals surface area (Å²) in [5.74, 6) is -9.95. The molecule has 4 bridgehead atoms. The molecular weight excluding hydrogens is 798 g/mol. The fraction of sp³-hybridized carbons (Fsp3) is 0.568. The van der Waals surface area contributed by atoms with Gasteiger partial charge in [0.05, 0.1) is 34.8 Å². The Bertz CT molecular complexity index is 2090. The highest BCUT2D eigenvalue weighted by atomic mass is 16.6. The standard InChI is InChI=1S/C44H51NO16/c1-22-16-17-31-30(15-12-18-45-31)41(53)55-20-42(8)19-43-23(2)33(60-39(22)51)35(61-40(52)29-13-10-9-11-14-29)38(59-28(7)50)44(43,21-54-24(3)46)37(58-27(6)49)34(56-25(4)47)32(42)36(43)57-26(5)48/h9-15,18,22-23,32-38H,16-17,19-21H2,1-8H3/t22?,23-,32?,33?,34?,35+,36?,37-,38+,42?,43?,44-/m1/s1. The lowest BCUT2D eigenvalue weighted by Gasteiger charge is -2.67. The second kappa shape index (κ2) is 17.2. The average molecular weight is 850 g/mol. The Hall–Kier alpha value is -5.87. The number of benzene rings is 1. The maximum Gasteiger partial charge on any atom is 0.340 e. The third-order valence-corrected chi connectivity index (χ3v) is 12.9. The van der Waals surface area contributed by atoms with E-state index in [1.54, 1.807) is 45.0 Å². The molecule has 2 aromatic rings. The Balaban J connectivity index is 1.74. The molecule has 1 aromatic carbocycles. The van der Waals surface area contributed by atoms with Crippen LogP contribution in [0.4, 0.5) is 0 Å². The van der Waals surface area contributed by atoms with Gasteiger partial charge in [-0.05, 0) is 43.5 Å². The molecule has 328 valence electrons. The number of aromatic nitrogens is 1. The smallest absolute Gasteiger partial charge is 0.340 e. The summed E-state index contributed by atoms with van der Waals surface area (Å²) in [5, 5.41) is 0. The van der Waals surface area contributed by atoms with Gasteiger partial charge >= 0.3 is 47.8 Å². The first-order valence-corrected chi connectivity index (χ1v) is 20.2. The van der Waals surface area contributed by atoms with E-state index in [2.05, 4.69) is 4.98 Å². The van der Waals surface area contributed by atoms with Crippen LogP contribution in [0.15, 0.2) is 48.7 Å². The Morgan fingerprint density at radius 2 is 1.36 bits per heavy atom. The number of rotatable bonds is 8. The quantitative estimate of drug-likeness (QED) is 0.271. The second-order valence-electron chi connectivity index (χ2n) is 16.8. The Morgan fingerprint density at radius 1 is 0.754 bits per heavy atom. The van der Waals surface area contributed by atoms with E-state index in [4.69, 9.17) is 37.9 Å². The zero-order valence-electron chi connectivity index (χ0n) is 35.3. The van der Waals surface area contributed by atoms with E-state index in [1.807, 2.05) is 0 Å². The fourth-order valence-corrected chi connectivity index (χ4v) is 10.6. The van der Waals surface area contributed by atoms with Crippen molar-refractivity contribution >= 4 is 47.8 Å². The van der Waals surface area contributed by atoms with Crippen LogP contribution < -0.4 is 0 Å². The molecule has 0 amide bonds. The van der Waals surface area contributed by atoms with Crippen molar-refractivity contribution < 1.29 is 76.3 Å². The number of fused-ring (bicyclic) bond motifs is 5. The number of carbonyl (C=O) groups excluding carboxylic acids is 8. The Labute approximate surface area is 352 Å². The molecule has 1 aliphatic heterocycles. The number of cyclic esters (lactones) is 1. The first kappa shape index (κ1) is 44.7. The van der Waals surface area contributed by atoms with Gasteiger partial charge in [0.1, 0.15) is 24.9 Å². The first-order valence-electron chi connectivity index (χ1n) is 20.2. The van der Waals surface area contributed by atoms with Gasteiger partial charge in [0, 0.05) is 63.5 Å². The summed E-state index contributed by atoms with van der Waals surface area (Å²) in [6.45, 7) is 9.33. The number of carbonyl (C=O) groups is 8. The van der Waals surface area contributed by atoms with Gasteiger partial charge in [0.15, 0.2) is 18.3 Å². The molecule has 1 aromatic heterocycles. The minimum absolute atomic E-state index is 0.0696. The monoisotopic (exact) mass is 849 g/mol. The highest BCUT2D eigenvalue weighted by Gasteiger charge is 2.86. The molecule has 12 atom stereocenters. The molecule has 0 N–H and O–H groups in total. The highest BCUT2D eigenvalue weighted by Crippen LogP contribution is 2.75. The van der Waals surface area contributed by atoms with Crippen LogP contribution in [0.3, 0.4) is 0 Å². The predicted octanol–water partition coefficient (Wildman–Crippen LogP) is 3.91. The van der Waals surface area contributed by atoms with E-state index in [9.17, 15) is 38.4 Å². The maximum absolute atomic E-state index is 14.4. The molecule has 4 aliphatic rings. The molecule has 3 aliphatic carbocycles. The van der Waals surface area contributed by atoms with Gasteiger partial charge in [-0.15, -0.1) is 0 Å². The molecule has 61 heavy (non-hydrogen) atoms. The topological polar surface area (TPSA) is 223 Å². The summed E-state index contributed by atoms with van der Waals surface area (Å²) in [5.41, 5.74) is -4.74. The molecule has 1 spiro atoms. The van der Waals surface area contributed by atoms with E-state index in [1.165, 1.54) is 24.4 Å². The lowest BCUT2D eigenvalue weighted by Crippen LogP contribution is -2.80. The lowest BCUT2D eigenvalue weighted by molar-refractivity contribution is -0.333. The van der Waals surface area contributed by atoms with Crippen LogP contribution in [0, 0.1) is 34.0 Å². The van der Waals surface area contributed by atoms with Crippen molar-refractivity contribution in [3.63, 3.8) is 0 Å². The van der Waals surface area contributed by atoms with Crippen LogP contribution in [0.2, 0.25) is 0 Å². The fourth-order valence-electron chi connectivity index (χ4n) is 10.6. The molecular formula is C44H51NO16. The molecule has 6 rings (SSSR count). The normalized spacial score (nSPS) is 34.1. The van der Waals surface area contributed by atoms with Crippen molar-refractivity contribution in [3.05, 3.63) is 65.5 Å². The molecule has 17 nitrogen and oxygen atoms in total. The average Bonchev–Trinajstić information content (AvgIpc) is 3.41. The lowest BCUT2D eigenvalue weighted by atomic mass is 9.42. The van der Waals surface area contributed by atoms with Gasteiger partial charge in [0.25, 0.3) is 0 Å². The van der Waals surface area contributed by atoms with Gasteiger partial charge in [-0.25, -0.2) is 9.59 Å². The molecule has 7 unspecified atom stereocenters. The van der Waals surface area contributed by atoms with E-state index < -0.39 is 132 Å². The van der Waals surface area contributed by atoms with Gasteiger partial charge in [0.2, 0.25) is 0 Å². The number of hydrogen-bond donors (Lipinski definition) is 0. The van der Waals surface area contributed by atoms with E-state index in [-0.39, 0.29) is 30.4 Å². The molecule has 3 saturated carbocycles. The van der Waals surface area contributed by atoms with Gasteiger partial charge in [-0.1, -0.05) is 39.0 Å². The minimum atomic E-state index is -2.14. The number of ether oxygens (including phenoxy) is 8. The largest absolute Gasteiger partial charge is 0.465 e. The number of aryl methyl sites for hydroxylation is 1. The van der Waals surface area contributed by atoms with Gasteiger partial charge < -0.3 is 37.9 Å². The first-order chi connectivity index (χ1) is 28.8. The van der Waals surface area contributed by atoms with Crippen molar-refractivity contribution in [1.82, 2.24) is 4.98 Å². The maximum atomic E-state index is 14.4. The molecule has 2 heterocycles. The zero-order chi connectivity index (χ0) is 44.6. The molecule has 17 heteroatoms. The zero-order valence-corrected chi connectivity index (χ0v) is 35.3.